The Morgan fingerprint density at radius 3 is 2.66 bits per heavy atom. The van der Waals surface area contributed by atoms with Gasteiger partial charge in [0.1, 0.15) is 12.3 Å². The highest BCUT2D eigenvalue weighted by Gasteiger charge is 2.27. The Balaban J connectivity index is 0.00000300. The van der Waals surface area contributed by atoms with Gasteiger partial charge in [-0.25, -0.2) is 0 Å². The molecule has 0 saturated carbocycles. The minimum atomic E-state index is 0. The van der Waals surface area contributed by atoms with Gasteiger partial charge in [0, 0.05) is 39.9 Å². The van der Waals surface area contributed by atoms with Crippen LogP contribution in [0.4, 0.5) is 5.69 Å². The van der Waals surface area contributed by atoms with Crippen molar-refractivity contribution < 1.29 is 9.53 Å². The van der Waals surface area contributed by atoms with E-state index in [1.54, 1.807) is 22.8 Å². The molecule has 1 fully saturated rings. The first-order valence-corrected chi connectivity index (χ1v) is 9.51. The molecule has 1 N–H and O–H groups in total. The highest BCUT2D eigenvalue weighted by atomic mass is 127. The van der Waals surface area contributed by atoms with Crippen molar-refractivity contribution in [3.8, 4) is 5.75 Å². The number of nitrogens with zero attached hydrogens (tertiary/aromatic N) is 5. The number of ether oxygens (including phenoxy) is 1. The van der Waals surface area contributed by atoms with E-state index in [9.17, 15) is 4.79 Å². The Labute approximate surface area is 188 Å². The van der Waals surface area contributed by atoms with Gasteiger partial charge in [0.15, 0.2) is 5.96 Å². The summed E-state index contributed by atoms with van der Waals surface area (Å²) in [7, 11) is 3.58. The van der Waals surface area contributed by atoms with Crippen LogP contribution in [0.25, 0.3) is 0 Å². The van der Waals surface area contributed by atoms with Crippen LogP contribution in [0.1, 0.15) is 12.0 Å². The van der Waals surface area contributed by atoms with Crippen LogP contribution in [0.3, 0.4) is 0 Å². The number of aryl methyl sites for hydroxylation is 2. The number of rotatable bonds is 6. The van der Waals surface area contributed by atoms with Crippen molar-refractivity contribution in [1.29, 1.82) is 0 Å². The second kappa shape index (κ2) is 11.0. The molecule has 0 radical (unpaired) electrons. The van der Waals surface area contributed by atoms with Gasteiger partial charge in [0.25, 0.3) is 0 Å². The van der Waals surface area contributed by atoms with E-state index in [1.807, 2.05) is 42.4 Å². The monoisotopic (exact) mass is 512 g/mol. The Hall–Kier alpha value is -2.30. The van der Waals surface area contributed by atoms with Gasteiger partial charge in [-0.3, -0.25) is 14.5 Å². The molecule has 8 nitrogen and oxygen atoms in total. The number of halogens is 1. The fourth-order valence-electron chi connectivity index (χ4n) is 3.10. The summed E-state index contributed by atoms with van der Waals surface area (Å²) < 4.78 is 7.44. The lowest BCUT2D eigenvalue weighted by atomic mass is 10.2. The number of anilines is 1. The maximum Gasteiger partial charge on any atom is 0.246 e. The molecule has 3 rings (SSSR count). The molecule has 0 atom stereocenters. The average molecular weight is 512 g/mol. The lowest BCUT2D eigenvalue weighted by Gasteiger charge is -2.35. The van der Waals surface area contributed by atoms with Gasteiger partial charge in [-0.05, 0) is 25.5 Å². The fraction of sp³-hybridized carbons (Fsp3) is 0.450. The van der Waals surface area contributed by atoms with Crippen molar-refractivity contribution >= 4 is 41.5 Å². The quantitative estimate of drug-likeness (QED) is 0.278. The van der Waals surface area contributed by atoms with Gasteiger partial charge in [0.2, 0.25) is 5.91 Å². The number of carbonyl (C=O) groups is 1. The van der Waals surface area contributed by atoms with Crippen LogP contribution >= 0.6 is 24.0 Å². The number of aromatic nitrogens is 2. The predicted octanol–water partition coefficient (Wildman–Crippen LogP) is 2.04. The number of guanidine groups is 1. The molecule has 1 aliphatic heterocycles. The van der Waals surface area contributed by atoms with Crippen LogP contribution in [-0.4, -0.2) is 66.4 Å². The van der Waals surface area contributed by atoms with E-state index < -0.39 is 0 Å². The van der Waals surface area contributed by atoms with Crippen molar-refractivity contribution in [3.63, 3.8) is 0 Å². The van der Waals surface area contributed by atoms with Crippen molar-refractivity contribution in [2.24, 2.45) is 12.0 Å². The zero-order valence-electron chi connectivity index (χ0n) is 17.2. The van der Waals surface area contributed by atoms with E-state index in [1.165, 1.54) is 5.56 Å². The van der Waals surface area contributed by atoms with Gasteiger partial charge in [-0.1, -0.05) is 17.7 Å². The molecule has 29 heavy (non-hydrogen) atoms. The van der Waals surface area contributed by atoms with E-state index in [4.69, 9.17) is 4.74 Å². The van der Waals surface area contributed by atoms with Crippen molar-refractivity contribution in [3.05, 3.63) is 42.2 Å². The molecule has 0 bridgehead atoms. The molecule has 2 aromatic rings. The first kappa shape index (κ1) is 23.0. The Morgan fingerprint density at radius 2 is 2.03 bits per heavy atom. The summed E-state index contributed by atoms with van der Waals surface area (Å²) >= 11 is 0. The molecule has 1 aromatic carbocycles. The molecule has 1 aliphatic rings. The lowest BCUT2D eigenvalue weighted by Crippen LogP contribution is -2.55. The summed E-state index contributed by atoms with van der Waals surface area (Å²) in [4.78, 5) is 20.6. The predicted molar refractivity (Wildman–Crippen MR) is 125 cm³/mol. The molecule has 1 aromatic heterocycles. The number of piperazine rings is 1. The summed E-state index contributed by atoms with van der Waals surface area (Å²) in [5.41, 5.74) is 2.05. The number of carbonyl (C=O) groups excluding carboxylic acids is 1. The van der Waals surface area contributed by atoms with Crippen molar-refractivity contribution in [2.45, 2.75) is 13.3 Å². The van der Waals surface area contributed by atoms with Crippen molar-refractivity contribution in [1.82, 2.24) is 20.0 Å². The van der Waals surface area contributed by atoms with E-state index in [2.05, 4.69) is 22.3 Å². The van der Waals surface area contributed by atoms with Crippen LogP contribution in [0.2, 0.25) is 0 Å². The molecule has 0 unspecified atom stereocenters. The van der Waals surface area contributed by atoms with Gasteiger partial charge in [-0.15, -0.1) is 24.0 Å². The second-order valence-electron chi connectivity index (χ2n) is 6.83. The SMILES string of the molecule is CN=C(NCCCOc1ccc(C)cc1)N1CCN(c2cnn(C)c2)C(=O)C1.I. The van der Waals surface area contributed by atoms with Gasteiger partial charge >= 0.3 is 0 Å². The van der Waals surface area contributed by atoms with Crippen LogP contribution in [0, 0.1) is 6.92 Å². The highest BCUT2D eigenvalue weighted by molar-refractivity contribution is 14.0. The highest BCUT2D eigenvalue weighted by Crippen LogP contribution is 2.16. The number of amides is 1. The molecular formula is C20H29IN6O2. The number of nitrogens with one attached hydrogen (secondary N) is 1. The van der Waals surface area contributed by atoms with E-state index >= 15 is 0 Å². The molecule has 0 aliphatic carbocycles. The summed E-state index contributed by atoms with van der Waals surface area (Å²) in [5.74, 6) is 1.67. The maximum atomic E-state index is 12.5. The lowest BCUT2D eigenvalue weighted by molar-refractivity contribution is -0.120. The van der Waals surface area contributed by atoms with Gasteiger partial charge < -0.3 is 19.9 Å². The Morgan fingerprint density at radius 1 is 1.28 bits per heavy atom. The van der Waals surface area contributed by atoms with Gasteiger partial charge in [-0.2, -0.15) is 5.10 Å². The molecule has 158 valence electrons. The summed E-state index contributed by atoms with van der Waals surface area (Å²) in [6.07, 6.45) is 4.42. The Kier molecular flexibility index (Phi) is 8.74. The number of hydrogen-bond acceptors (Lipinski definition) is 4. The minimum absolute atomic E-state index is 0. The topological polar surface area (TPSA) is 75.0 Å². The largest absolute Gasteiger partial charge is 0.494 e. The molecule has 9 heteroatoms. The first-order chi connectivity index (χ1) is 13.6. The third-order valence-electron chi connectivity index (χ3n) is 4.63. The van der Waals surface area contributed by atoms with Crippen LogP contribution < -0.4 is 15.0 Å². The maximum absolute atomic E-state index is 12.5. The van der Waals surface area contributed by atoms with Gasteiger partial charge in [0.05, 0.1) is 18.5 Å². The van der Waals surface area contributed by atoms with Crippen LogP contribution in [-0.2, 0) is 11.8 Å². The van der Waals surface area contributed by atoms with Crippen LogP contribution in [0.5, 0.6) is 5.75 Å². The molecule has 2 heterocycles. The normalized spacial score (nSPS) is 14.6. The summed E-state index contributed by atoms with van der Waals surface area (Å²) in [6.45, 7) is 5.05. The standard InChI is InChI=1S/C20H28N6O2.HI/c1-16-5-7-18(8-6-16)28-12-4-9-22-20(21-2)25-10-11-26(19(27)15-25)17-13-23-24(3)14-17;/h5-8,13-14H,4,9-12,15H2,1-3H3,(H,21,22);1H. The van der Waals surface area contributed by atoms with E-state index in [0.29, 0.717) is 19.7 Å². The molecule has 1 saturated heterocycles. The zero-order valence-corrected chi connectivity index (χ0v) is 19.5. The fourth-order valence-corrected chi connectivity index (χ4v) is 3.10. The zero-order chi connectivity index (χ0) is 19.9. The van der Waals surface area contributed by atoms with Crippen LogP contribution in [0.15, 0.2) is 41.7 Å². The number of benzene rings is 1. The summed E-state index contributed by atoms with van der Waals surface area (Å²) in [5, 5.41) is 7.46. The smallest absolute Gasteiger partial charge is 0.246 e. The minimum Gasteiger partial charge on any atom is -0.494 e. The average Bonchev–Trinajstić information content (AvgIpc) is 3.12. The van der Waals surface area contributed by atoms with Crippen molar-refractivity contribution in [2.75, 3.05) is 44.7 Å². The summed E-state index contributed by atoms with van der Waals surface area (Å²) in [6, 6.07) is 8.04. The molecule has 0 spiro atoms. The number of hydrogen-bond donors (Lipinski definition) is 1. The molecular weight excluding hydrogens is 483 g/mol. The molecule has 1 amide bonds. The first-order valence-electron chi connectivity index (χ1n) is 9.51. The number of aliphatic imine (C=N–C) groups is 1. The van der Waals surface area contributed by atoms with E-state index in [0.717, 1.165) is 36.9 Å². The third kappa shape index (κ3) is 6.34. The third-order valence-corrected chi connectivity index (χ3v) is 4.63. The second-order valence-corrected chi connectivity index (χ2v) is 6.83. The van der Waals surface area contributed by atoms with E-state index in [-0.39, 0.29) is 29.9 Å². The Bertz CT molecular complexity index is 821.